The van der Waals surface area contributed by atoms with Crippen molar-refractivity contribution in [3.63, 3.8) is 0 Å². The zero-order chi connectivity index (χ0) is 14.5. The molecule has 0 aliphatic rings. The zero-order valence-electron chi connectivity index (χ0n) is 12.2. The summed E-state index contributed by atoms with van der Waals surface area (Å²) in [5, 5.41) is 15.1. The first-order valence-electron chi connectivity index (χ1n) is 6.67. The van der Waals surface area contributed by atoms with E-state index >= 15 is 0 Å². The lowest BCUT2D eigenvalue weighted by Crippen LogP contribution is -2.24. The predicted molar refractivity (Wildman–Crippen MR) is 79.8 cm³/mol. The number of aliphatic carboxylic acids is 1. The normalized spacial score (nSPS) is 13.3. The average molecular weight is 284 g/mol. The highest BCUT2D eigenvalue weighted by molar-refractivity contribution is 7.13. The van der Waals surface area contributed by atoms with Crippen LogP contribution in [0.15, 0.2) is 5.38 Å². The second-order valence-electron chi connectivity index (χ2n) is 6.00. The standard InChI is InChI=1S/C14H24N2O2S/c1-10-9-19-13(16-10)15-8-7-11(14(2,3)4)5-6-12(17)18/h9,11H,5-8H2,1-4H3,(H,15,16)(H,17,18). The van der Waals surface area contributed by atoms with Gasteiger partial charge in [0, 0.05) is 18.3 Å². The van der Waals surface area contributed by atoms with E-state index in [1.807, 2.05) is 12.3 Å². The van der Waals surface area contributed by atoms with Crippen LogP contribution in [0.1, 0.15) is 45.7 Å². The molecular weight excluding hydrogens is 260 g/mol. The minimum absolute atomic E-state index is 0.135. The number of carbonyl (C=O) groups is 1. The Morgan fingerprint density at radius 3 is 2.63 bits per heavy atom. The Morgan fingerprint density at radius 1 is 1.47 bits per heavy atom. The molecule has 19 heavy (non-hydrogen) atoms. The fourth-order valence-corrected chi connectivity index (χ4v) is 2.81. The van der Waals surface area contributed by atoms with Crippen molar-refractivity contribution in [3.8, 4) is 0 Å². The van der Waals surface area contributed by atoms with E-state index in [2.05, 4.69) is 31.1 Å². The lowest BCUT2D eigenvalue weighted by atomic mass is 9.76. The van der Waals surface area contributed by atoms with Crippen LogP contribution in [0.4, 0.5) is 5.13 Å². The van der Waals surface area contributed by atoms with Gasteiger partial charge >= 0.3 is 5.97 Å². The molecule has 0 saturated carbocycles. The smallest absolute Gasteiger partial charge is 0.303 e. The fourth-order valence-electron chi connectivity index (χ4n) is 2.10. The highest BCUT2D eigenvalue weighted by Crippen LogP contribution is 2.32. The van der Waals surface area contributed by atoms with Crippen LogP contribution in [0.25, 0.3) is 0 Å². The molecule has 5 heteroatoms. The Labute approximate surface area is 119 Å². The molecule has 0 bridgehead atoms. The summed E-state index contributed by atoms with van der Waals surface area (Å²) in [6.45, 7) is 9.34. The summed E-state index contributed by atoms with van der Waals surface area (Å²) in [5.74, 6) is -0.310. The quantitative estimate of drug-likeness (QED) is 0.800. The maximum atomic E-state index is 10.7. The van der Waals surface area contributed by atoms with E-state index in [0.29, 0.717) is 5.92 Å². The van der Waals surface area contributed by atoms with Gasteiger partial charge in [0.2, 0.25) is 0 Å². The van der Waals surface area contributed by atoms with Crippen LogP contribution in [-0.4, -0.2) is 22.6 Å². The monoisotopic (exact) mass is 284 g/mol. The number of nitrogens with zero attached hydrogens (tertiary/aromatic N) is 1. The molecule has 0 aliphatic carbocycles. The first-order chi connectivity index (χ1) is 8.79. The molecule has 0 amide bonds. The third kappa shape index (κ3) is 6.05. The van der Waals surface area contributed by atoms with Gasteiger partial charge in [0.1, 0.15) is 0 Å². The summed E-state index contributed by atoms with van der Waals surface area (Å²) in [4.78, 5) is 15.1. The van der Waals surface area contributed by atoms with Gasteiger partial charge in [0.05, 0.1) is 5.69 Å². The molecule has 1 unspecified atom stereocenters. The van der Waals surface area contributed by atoms with Gasteiger partial charge in [0.15, 0.2) is 5.13 Å². The van der Waals surface area contributed by atoms with Gasteiger partial charge in [-0.05, 0) is 31.1 Å². The Hall–Kier alpha value is -1.10. The van der Waals surface area contributed by atoms with E-state index < -0.39 is 5.97 Å². The van der Waals surface area contributed by atoms with E-state index in [0.717, 1.165) is 30.2 Å². The number of hydrogen-bond donors (Lipinski definition) is 2. The molecular formula is C14H24N2O2S. The summed E-state index contributed by atoms with van der Waals surface area (Å²) in [6.07, 6.45) is 1.95. The van der Waals surface area contributed by atoms with Crippen LogP contribution < -0.4 is 5.32 Å². The van der Waals surface area contributed by atoms with E-state index in [1.54, 1.807) is 11.3 Å². The second kappa shape index (κ2) is 6.89. The molecule has 108 valence electrons. The predicted octanol–water partition coefficient (Wildman–Crippen LogP) is 3.78. The summed E-state index contributed by atoms with van der Waals surface area (Å²) in [5.41, 5.74) is 1.17. The number of hydrogen-bond acceptors (Lipinski definition) is 4. The van der Waals surface area contributed by atoms with Gasteiger partial charge in [-0.3, -0.25) is 4.79 Å². The largest absolute Gasteiger partial charge is 0.481 e. The number of aryl methyl sites for hydroxylation is 1. The number of rotatable bonds is 7. The van der Waals surface area contributed by atoms with Crippen molar-refractivity contribution in [2.75, 3.05) is 11.9 Å². The number of carboxylic acids is 1. The number of thiazole rings is 1. The first kappa shape index (κ1) is 16.0. The van der Waals surface area contributed by atoms with E-state index in [9.17, 15) is 4.79 Å². The maximum absolute atomic E-state index is 10.7. The molecule has 4 nitrogen and oxygen atoms in total. The molecule has 2 N–H and O–H groups in total. The van der Waals surface area contributed by atoms with Gasteiger partial charge in [-0.15, -0.1) is 11.3 Å². The molecule has 1 rings (SSSR count). The minimum atomic E-state index is -0.710. The number of anilines is 1. The topological polar surface area (TPSA) is 62.2 Å². The first-order valence-corrected chi connectivity index (χ1v) is 7.55. The number of aromatic nitrogens is 1. The van der Waals surface area contributed by atoms with Gasteiger partial charge in [0.25, 0.3) is 0 Å². The maximum Gasteiger partial charge on any atom is 0.303 e. The Kier molecular flexibility index (Phi) is 5.79. The van der Waals surface area contributed by atoms with Gasteiger partial charge in [-0.2, -0.15) is 0 Å². The third-order valence-electron chi connectivity index (χ3n) is 3.32. The van der Waals surface area contributed by atoms with Crippen LogP contribution >= 0.6 is 11.3 Å². The fraction of sp³-hybridized carbons (Fsp3) is 0.714. The van der Waals surface area contributed by atoms with Crippen LogP contribution in [0.2, 0.25) is 0 Å². The van der Waals surface area contributed by atoms with Gasteiger partial charge < -0.3 is 10.4 Å². The van der Waals surface area contributed by atoms with Crippen LogP contribution in [0, 0.1) is 18.3 Å². The minimum Gasteiger partial charge on any atom is -0.481 e. The summed E-state index contributed by atoms with van der Waals surface area (Å²) < 4.78 is 0. The molecule has 0 spiro atoms. The molecule has 1 heterocycles. The van der Waals surface area contributed by atoms with Crippen molar-refractivity contribution in [2.24, 2.45) is 11.3 Å². The zero-order valence-corrected chi connectivity index (χ0v) is 13.0. The summed E-state index contributed by atoms with van der Waals surface area (Å²) in [7, 11) is 0. The highest BCUT2D eigenvalue weighted by atomic mass is 32.1. The molecule has 0 fully saturated rings. The van der Waals surface area contributed by atoms with Gasteiger partial charge in [-0.25, -0.2) is 4.98 Å². The van der Waals surface area contributed by atoms with E-state index in [1.165, 1.54) is 0 Å². The van der Waals surface area contributed by atoms with Crippen molar-refractivity contribution in [2.45, 2.75) is 47.0 Å². The van der Waals surface area contributed by atoms with Crippen LogP contribution in [-0.2, 0) is 4.79 Å². The molecule has 1 aromatic heterocycles. The summed E-state index contributed by atoms with van der Waals surface area (Å²) in [6, 6.07) is 0. The Bertz CT molecular complexity index is 410. The Morgan fingerprint density at radius 2 is 2.16 bits per heavy atom. The molecule has 1 atom stereocenters. The van der Waals surface area contributed by atoms with Crippen molar-refractivity contribution in [1.29, 1.82) is 0 Å². The molecule has 0 radical (unpaired) electrons. The van der Waals surface area contributed by atoms with E-state index in [4.69, 9.17) is 5.11 Å². The van der Waals surface area contributed by atoms with Gasteiger partial charge in [-0.1, -0.05) is 20.8 Å². The third-order valence-corrected chi connectivity index (χ3v) is 4.24. The lowest BCUT2D eigenvalue weighted by Gasteiger charge is -2.30. The summed E-state index contributed by atoms with van der Waals surface area (Å²) >= 11 is 1.61. The van der Waals surface area contributed by atoms with Crippen LogP contribution in [0.5, 0.6) is 0 Å². The Balaban J connectivity index is 2.42. The van der Waals surface area contributed by atoms with Crippen molar-refractivity contribution in [3.05, 3.63) is 11.1 Å². The second-order valence-corrected chi connectivity index (χ2v) is 6.86. The molecule has 0 aliphatic heterocycles. The van der Waals surface area contributed by atoms with Crippen LogP contribution in [0.3, 0.4) is 0 Å². The molecule has 1 aromatic rings. The SMILES string of the molecule is Cc1csc(NCCC(CCC(=O)O)C(C)(C)C)n1. The highest BCUT2D eigenvalue weighted by Gasteiger charge is 2.24. The molecule has 0 saturated heterocycles. The van der Waals surface area contributed by atoms with Crippen molar-refractivity contribution in [1.82, 2.24) is 4.98 Å². The van der Waals surface area contributed by atoms with Crippen molar-refractivity contribution < 1.29 is 9.90 Å². The van der Waals surface area contributed by atoms with E-state index in [-0.39, 0.29) is 11.8 Å². The molecule has 0 aromatic carbocycles. The van der Waals surface area contributed by atoms with Crippen molar-refractivity contribution >= 4 is 22.4 Å². The average Bonchev–Trinajstić information content (AvgIpc) is 2.67. The number of carboxylic acid groups (broad SMARTS) is 1. The lowest BCUT2D eigenvalue weighted by molar-refractivity contribution is -0.137. The number of nitrogens with one attached hydrogen (secondary N) is 1.